The first-order valence-electron chi connectivity index (χ1n) is 7.53. The van der Waals surface area contributed by atoms with Gasteiger partial charge in [-0.15, -0.1) is 0 Å². The molecule has 2 fully saturated rings. The van der Waals surface area contributed by atoms with E-state index in [-0.39, 0.29) is 23.8 Å². The number of rotatable bonds is 4. The predicted molar refractivity (Wildman–Crippen MR) is 75.5 cm³/mol. The first-order valence-corrected chi connectivity index (χ1v) is 7.53. The molecule has 1 atom stereocenters. The van der Waals surface area contributed by atoms with Crippen molar-refractivity contribution in [1.82, 2.24) is 15.1 Å². The molecular weight excluding hydrogens is 274 g/mol. The monoisotopic (exact) mass is 297 g/mol. The SMILES string of the molecule is CCOC(=O)N1CCN(C(=O)[C@H](C)NC(=O)C2CC2)CC1. The Morgan fingerprint density at radius 1 is 1.14 bits per heavy atom. The Labute approximate surface area is 124 Å². The second-order valence-corrected chi connectivity index (χ2v) is 5.52. The summed E-state index contributed by atoms with van der Waals surface area (Å²) >= 11 is 0. The number of nitrogens with zero attached hydrogens (tertiary/aromatic N) is 2. The second-order valence-electron chi connectivity index (χ2n) is 5.52. The molecule has 1 heterocycles. The zero-order valence-electron chi connectivity index (χ0n) is 12.6. The van der Waals surface area contributed by atoms with Crippen LogP contribution in [0.2, 0.25) is 0 Å². The van der Waals surface area contributed by atoms with Gasteiger partial charge in [0.25, 0.3) is 0 Å². The van der Waals surface area contributed by atoms with E-state index in [4.69, 9.17) is 4.74 Å². The van der Waals surface area contributed by atoms with Gasteiger partial charge in [-0.1, -0.05) is 0 Å². The van der Waals surface area contributed by atoms with Gasteiger partial charge in [0.05, 0.1) is 6.61 Å². The van der Waals surface area contributed by atoms with Crippen LogP contribution in [0, 0.1) is 5.92 Å². The highest BCUT2D eigenvalue weighted by Crippen LogP contribution is 2.28. The maximum atomic E-state index is 12.3. The minimum Gasteiger partial charge on any atom is -0.450 e. The summed E-state index contributed by atoms with van der Waals surface area (Å²) < 4.78 is 4.94. The summed E-state index contributed by atoms with van der Waals surface area (Å²) in [7, 11) is 0. The Hall–Kier alpha value is -1.79. The van der Waals surface area contributed by atoms with Crippen LogP contribution in [0.1, 0.15) is 26.7 Å². The first-order chi connectivity index (χ1) is 10.0. The third-order valence-corrected chi connectivity index (χ3v) is 3.79. The fraction of sp³-hybridized carbons (Fsp3) is 0.786. The molecule has 7 heteroatoms. The van der Waals surface area contributed by atoms with Crippen LogP contribution in [0.15, 0.2) is 0 Å². The van der Waals surface area contributed by atoms with Gasteiger partial charge < -0.3 is 19.9 Å². The average molecular weight is 297 g/mol. The van der Waals surface area contributed by atoms with E-state index < -0.39 is 6.04 Å². The van der Waals surface area contributed by atoms with Gasteiger partial charge in [-0.3, -0.25) is 9.59 Å². The van der Waals surface area contributed by atoms with Crippen LogP contribution in [-0.2, 0) is 14.3 Å². The molecule has 1 N–H and O–H groups in total. The van der Waals surface area contributed by atoms with E-state index in [0.29, 0.717) is 32.8 Å². The molecule has 0 bridgehead atoms. The maximum absolute atomic E-state index is 12.3. The summed E-state index contributed by atoms with van der Waals surface area (Å²) in [5.74, 6) is -0.0190. The topological polar surface area (TPSA) is 79.0 Å². The zero-order chi connectivity index (χ0) is 15.4. The molecule has 2 rings (SSSR count). The fourth-order valence-electron chi connectivity index (χ4n) is 2.34. The highest BCUT2D eigenvalue weighted by Gasteiger charge is 2.33. The molecule has 1 saturated carbocycles. The summed E-state index contributed by atoms with van der Waals surface area (Å²) in [6, 6.07) is -0.507. The Bertz CT molecular complexity index is 414. The molecule has 1 saturated heterocycles. The molecule has 0 aromatic heterocycles. The second kappa shape index (κ2) is 6.78. The van der Waals surface area contributed by atoms with E-state index >= 15 is 0 Å². The molecule has 118 valence electrons. The van der Waals surface area contributed by atoms with Gasteiger partial charge in [-0.2, -0.15) is 0 Å². The van der Waals surface area contributed by atoms with Gasteiger partial charge >= 0.3 is 6.09 Å². The van der Waals surface area contributed by atoms with Gasteiger partial charge in [0, 0.05) is 32.1 Å². The molecule has 0 radical (unpaired) electrons. The number of carbonyl (C=O) groups is 3. The van der Waals surface area contributed by atoms with Crippen molar-refractivity contribution in [3.63, 3.8) is 0 Å². The van der Waals surface area contributed by atoms with Crippen LogP contribution in [-0.4, -0.2) is 66.5 Å². The van der Waals surface area contributed by atoms with E-state index in [1.165, 1.54) is 0 Å². The number of amides is 3. The van der Waals surface area contributed by atoms with Crippen LogP contribution < -0.4 is 5.32 Å². The van der Waals surface area contributed by atoms with E-state index in [2.05, 4.69) is 5.32 Å². The zero-order valence-corrected chi connectivity index (χ0v) is 12.6. The summed E-state index contributed by atoms with van der Waals surface area (Å²) in [5, 5.41) is 2.76. The normalized spacial score (nSPS) is 19.9. The summed E-state index contributed by atoms with van der Waals surface area (Å²) in [6.45, 7) is 5.70. The average Bonchev–Trinajstić information content (AvgIpc) is 3.31. The van der Waals surface area contributed by atoms with E-state index in [0.717, 1.165) is 12.8 Å². The molecule has 0 aromatic rings. The number of hydrogen-bond donors (Lipinski definition) is 1. The fourth-order valence-corrected chi connectivity index (χ4v) is 2.34. The quantitative estimate of drug-likeness (QED) is 0.804. The molecule has 0 spiro atoms. The first kappa shape index (κ1) is 15.6. The third kappa shape index (κ3) is 4.09. The Balaban J connectivity index is 1.76. The third-order valence-electron chi connectivity index (χ3n) is 3.79. The van der Waals surface area contributed by atoms with Crippen molar-refractivity contribution in [2.45, 2.75) is 32.7 Å². The lowest BCUT2D eigenvalue weighted by atomic mass is 10.2. The molecular formula is C14H23N3O4. The summed E-state index contributed by atoms with van der Waals surface area (Å²) in [5.41, 5.74) is 0. The van der Waals surface area contributed by atoms with Crippen molar-refractivity contribution in [1.29, 1.82) is 0 Å². The van der Waals surface area contributed by atoms with Crippen LogP contribution in [0.5, 0.6) is 0 Å². The smallest absolute Gasteiger partial charge is 0.409 e. The van der Waals surface area contributed by atoms with Crippen LogP contribution in [0.3, 0.4) is 0 Å². The van der Waals surface area contributed by atoms with E-state index in [9.17, 15) is 14.4 Å². The minimum atomic E-state index is -0.507. The van der Waals surface area contributed by atoms with E-state index in [1.807, 2.05) is 0 Å². The molecule has 1 aliphatic carbocycles. The molecule has 3 amide bonds. The highest BCUT2D eigenvalue weighted by molar-refractivity contribution is 5.89. The molecule has 1 aliphatic heterocycles. The maximum Gasteiger partial charge on any atom is 0.409 e. The highest BCUT2D eigenvalue weighted by atomic mass is 16.6. The number of carbonyl (C=O) groups excluding carboxylic acids is 3. The van der Waals surface area contributed by atoms with Crippen molar-refractivity contribution >= 4 is 17.9 Å². The van der Waals surface area contributed by atoms with Crippen molar-refractivity contribution in [3.8, 4) is 0 Å². The summed E-state index contributed by atoms with van der Waals surface area (Å²) in [4.78, 5) is 38.8. The van der Waals surface area contributed by atoms with Crippen molar-refractivity contribution < 1.29 is 19.1 Å². The van der Waals surface area contributed by atoms with Gasteiger partial charge in [-0.25, -0.2) is 4.79 Å². The molecule has 0 unspecified atom stereocenters. The van der Waals surface area contributed by atoms with Crippen molar-refractivity contribution in [2.24, 2.45) is 5.92 Å². The van der Waals surface area contributed by atoms with Gasteiger partial charge in [0.2, 0.25) is 11.8 Å². The lowest BCUT2D eigenvalue weighted by molar-refractivity contribution is -0.137. The molecule has 2 aliphatic rings. The number of hydrogen-bond acceptors (Lipinski definition) is 4. The van der Waals surface area contributed by atoms with Crippen molar-refractivity contribution in [2.75, 3.05) is 32.8 Å². The Morgan fingerprint density at radius 2 is 1.71 bits per heavy atom. The standard InChI is InChI=1S/C14H23N3O4/c1-3-21-14(20)17-8-6-16(7-9-17)13(19)10(2)15-12(18)11-4-5-11/h10-11H,3-9H2,1-2H3,(H,15,18)/t10-/m0/s1. The van der Waals surface area contributed by atoms with Crippen LogP contribution >= 0.6 is 0 Å². The number of ether oxygens (including phenoxy) is 1. The van der Waals surface area contributed by atoms with Crippen molar-refractivity contribution in [3.05, 3.63) is 0 Å². The predicted octanol–water partition coefficient (Wildman–Crippen LogP) is 0.202. The Kier molecular flexibility index (Phi) is 5.03. The molecule has 21 heavy (non-hydrogen) atoms. The van der Waals surface area contributed by atoms with Crippen LogP contribution in [0.25, 0.3) is 0 Å². The Morgan fingerprint density at radius 3 is 2.24 bits per heavy atom. The summed E-state index contributed by atoms with van der Waals surface area (Å²) in [6.07, 6.45) is 1.51. The number of nitrogens with one attached hydrogen (secondary N) is 1. The van der Waals surface area contributed by atoms with Gasteiger partial charge in [0.15, 0.2) is 0 Å². The van der Waals surface area contributed by atoms with Crippen LogP contribution in [0.4, 0.5) is 4.79 Å². The van der Waals surface area contributed by atoms with Gasteiger partial charge in [0.1, 0.15) is 6.04 Å². The van der Waals surface area contributed by atoms with E-state index in [1.54, 1.807) is 23.6 Å². The molecule has 7 nitrogen and oxygen atoms in total. The lowest BCUT2D eigenvalue weighted by Gasteiger charge is -2.35. The molecule has 0 aromatic carbocycles. The number of piperazine rings is 1. The largest absolute Gasteiger partial charge is 0.450 e. The van der Waals surface area contributed by atoms with Gasteiger partial charge in [-0.05, 0) is 26.7 Å². The lowest BCUT2D eigenvalue weighted by Crippen LogP contribution is -2.55. The minimum absolute atomic E-state index is 0.0268.